The Balaban J connectivity index is 2.21. The molecule has 0 saturated carbocycles. The van der Waals surface area contributed by atoms with E-state index < -0.39 is 24.7 Å². The monoisotopic (exact) mass is 294 g/mol. The molecule has 0 bridgehead atoms. The molecular formula is C12H12BFN2O5. The fourth-order valence-corrected chi connectivity index (χ4v) is 1.90. The van der Waals surface area contributed by atoms with Crippen molar-refractivity contribution in [1.29, 1.82) is 0 Å². The lowest BCUT2D eigenvalue weighted by atomic mass is 9.80. The molecule has 0 spiro atoms. The maximum absolute atomic E-state index is 13.4. The lowest BCUT2D eigenvalue weighted by Crippen LogP contribution is -2.34. The predicted molar refractivity (Wildman–Crippen MR) is 71.7 cm³/mol. The molecule has 9 heteroatoms. The molecule has 0 aliphatic carbocycles. The lowest BCUT2D eigenvalue weighted by molar-refractivity contribution is -0.137. The van der Waals surface area contributed by atoms with Crippen LogP contribution in [0.3, 0.4) is 0 Å². The third-order valence-corrected chi connectivity index (χ3v) is 2.83. The Kier molecular flexibility index (Phi) is 4.36. The molecular weight excluding hydrogens is 282 g/mol. The summed E-state index contributed by atoms with van der Waals surface area (Å²) in [5.41, 5.74) is -0.0872. The summed E-state index contributed by atoms with van der Waals surface area (Å²) in [7, 11) is -1.86. The Hall–Kier alpha value is -2.23. The number of amides is 2. The fourth-order valence-electron chi connectivity index (χ4n) is 1.90. The van der Waals surface area contributed by atoms with Gasteiger partial charge in [-0.3, -0.25) is 14.5 Å². The maximum atomic E-state index is 13.4. The summed E-state index contributed by atoms with van der Waals surface area (Å²) in [5, 5.41) is 29.4. The Labute approximate surface area is 119 Å². The van der Waals surface area contributed by atoms with Crippen LogP contribution in [-0.4, -0.2) is 52.1 Å². The van der Waals surface area contributed by atoms with Crippen molar-refractivity contribution in [3.05, 3.63) is 35.8 Å². The summed E-state index contributed by atoms with van der Waals surface area (Å²) in [4.78, 5) is 24.3. The van der Waals surface area contributed by atoms with E-state index in [-0.39, 0.29) is 30.0 Å². The van der Waals surface area contributed by atoms with Crippen LogP contribution in [0.1, 0.15) is 0 Å². The van der Waals surface area contributed by atoms with Gasteiger partial charge in [0.15, 0.2) is 0 Å². The zero-order chi connectivity index (χ0) is 15.6. The standard InChI is InChI=1S/C12H12BFN2O5/c14-8-3-7(13(20)21)4-9(5-8)15-10-6-11(18)16(1-2-17)12(10)19/h3-6,15,17,20-21H,1-2H2. The van der Waals surface area contributed by atoms with Crippen LogP contribution in [0.2, 0.25) is 0 Å². The van der Waals surface area contributed by atoms with Gasteiger partial charge in [-0.05, 0) is 23.7 Å². The molecule has 7 nitrogen and oxygen atoms in total. The Morgan fingerprint density at radius 3 is 2.57 bits per heavy atom. The van der Waals surface area contributed by atoms with Crippen LogP contribution < -0.4 is 10.8 Å². The highest BCUT2D eigenvalue weighted by molar-refractivity contribution is 6.58. The second-order valence-corrected chi connectivity index (χ2v) is 4.35. The molecule has 0 radical (unpaired) electrons. The summed E-state index contributed by atoms with van der Waals surface area (Å²) in [5.74, 6) is -1.97. The molecule has 0 unspecified atom stereocenters. The Morgan fingerprint density at radius 2 is 1.95 bits per heavy atom. The minimum atomic E-state index is -1.86. The molecule has 1 aliphatic rings. The molecule has 0 fully saturated rings. The van der Waals surface area contributed by atoms with Gasteiger partial charge in [0.2, 0.25) is 0 Å². The van der Waals surface area contributed by atoms with E-state index in [2.05, 4.69) is 5.32 Å². The summed E-state index contributed by atoms with van der Waals surface area (Å²) in [6.07, 6.45) is 1.03. The number of β-amino-alcohol motifs (C(OH)–C–C–N with tert-alkyl or cyclic N) is 1. The van der Waals surface area contributed by atoms with Gasteiger partial charge in [-0.2, -0.15) is 0 Å². The first-order chi connectivity index (χ1) is 9.92. The van der Waals surface area contributed by atoms with Gasteiger partial charge in [-0.15, -0.1) is 0 Å². The van der Waals surface area contributed by atoms with E-state index in [4.69, 9.17) is 15.2 Å². The number of anilines is 1. The first-order valence-corrected chi connectivity index (χ1v) is 6.04. The molecule has 2 amide bonds. The van der Waals surface area contributed by atoms with E-state index >= 15 is 0 Å². The molecule has 110 valence electrons. The van der Waals surface area contributed by atoms with E-state index in [0.29, 0.717) is 0 Å². The van der Waals surface area contributed by atoms with Crippen molar-refractivity contribution in [2.75, 3.05) is 18.5 Å². The number of carbonyl (C=O) groups excluding carboxylic acids is 2. The highest BCUT2D eigenvalue weighted by Gasteiger charge is 2.30. The second kappa shape index (κ2) is 6.04. The first kappa shape index (κ1) is 15.2. The second-order valence-electron chi connectivity index (χ2n) is 4.35. The molecule has 0 atom stereocenters. The fraction of sp³-hybridized carbons (Fsp3) is 0.167. The van der Waals surface area contributed by atoms with Crippen LogP contribution in [0.5, 0.6) is 0 Å². The minimum absolute atomic E-state index is 0.0857. The molecule has 1 aliphatic heterocycles. The van der Waals surface area contributed by atoms with E-state index in [9.17, 15) is 14.0 Å². The Morgan fingerprint density at radius 1 is 1.24 bits per heavy atom. The van der Waals surface area contributed by atoms with Crippen LogP contribution in [0, 0.1) is 5.82 Å². The lowest BCUT2D eigenvalue weighted by Gasteiger charge is -2.13. The van der Waals surface area contributed by atoms with Crippen LogP contribution in [0.4, 0.5) is 10.1 Å². The number of benzene rings is 1. The number of imide groups is 1. The number of nitrogens with zero attached hydrogens (tertiary/aromatic N) is 1. The average Bonchev–Trinajstić information content (AvgIpc) is 2.66. The highest BCUT2D eigenvalue weighted by atomic mass is 19.1. The summed E-state index contributed by atoms with van der Waals surface area (Å²) >= 11 is 0. The molecule has 0 saturated heterocycles. The van der Waals surface area contributed by atoms with Crippen LogP contribution >= 0.6 is 0 Å². The number of nitrogens with one attached hydrogen (secondary N) is 1. The highest BCUT2D eigenvalue weighted by Crippen LogP contribution is 2.17. The smallest absolute Gasteiger partial charge is 0.423 e. The van der Waals surface area contributed by atoms with Gasteiger partial charge in [0.25, 0.3) is 11.8 Å². The maximum Gasteiger partial charge on any atom is 0.488 e. The zero-order valence-corrected chi connectivity index (χ0v) is 10.8. The summed E-state index contributed by atoms with van der Waals surface area (Å²) < 4.78 is 13.4. The number of hydrogen-bond acceptors (Lipinski definition) is 6. The van der Waals surface area contributed by atoms with E-state index in [0.717, 1.165) is 23.1 Å². The van der Waals surface area contributed by atoms with Crippen LogP contribution in [0.15, 0.2) is 30.0 Å². The number of hydrogen-bond donors (Lipinski definition) is 4. The first-order valence-electron chi connectivity index (χ1n) is 6.04. The quantitative estimate of drug-likeness (QED) is 0.375. The third-order valence-electron chi connectivity index (χ3n) is 2.83. The van der Waals surface area contributed by atoms with Gasteiger partial charge < -0.3 is 20.5 Å². The van der Waals surface area contributed by atoms with Crippen molar-refractivity contribution < 1.29 is 29.1 Å². The molecule has 2 rings (SSSR count). The van der Waals surface area contributed by atoms with Gasteiger partial charge in [0.05, 0.1) is 13.2 Å². The molecule has 4 N–H and O–H groups in total. The normalized spacial score (nSPS) is 14.5. The zero-order valence-electron chi connectivity index (χ0n) is 10.8. The molecule has 21 heavy (non-hydrogen) atoms. The van der Waals surface area contributed by atoms with Crippen LogP contribution in [0.25, 0.3) is 0 Å². The average molecular weight is 294 g/mol. The SMILES string of the molecule is O=C1C=C(Nc2cc(F)cc(B(O)O)c2)C(=O)N1CCO. The van der Waals surface area contributed by atoms with Crippen molar-refractivity contribution in [1.82, 2.24) is 4.90 Å². The molecule has 0 aromatic heterocycles. The summed E-state index contributed by atoms with van der Waals surface area (Å²) in [6, 6.07) is 3.21. The third kappa shape index (κ3) is 3.27. The van der Waals surface area contributed by atoms with Gasteiger partial charge in [0.1, 0.15) is 11.5 Å². The minimum Gasteiger partial charge on any atom is -0.423 e. The van der Waals surface area contributed by atoms with E-state index in [1.165, 1.54) is 6.07 Å². The van der Waals surface area contributed by atoms with Crippen molar-refractivity contribution in [3.8, 4) is 0 Å². The number of rotatable bonds is 5. The van der Waals surface area contributed by atoms with Gasteiger partial charge in [-0.1, -0.05) is 0 Å². The number of carbonyl (C=O) groups is 2. The van der Waals surface area contributed by atoms with Gasteiger partial charge >= 0.3 is 7.12 Å². The molecule has 1 aromatic carbocycles. The molecule has 1 heterocycles. The predicted octanol–water partition coefficient (Wildman–Crippen LogP) is -1.84. The summed E-state index contributed by atoms with van der Waals surface area (Å²) in [6.45, 7) is -0.498. The van der Waals surface area contributed by atoms with Gasteiger partial charge in [-0.25, -0.2) is 4.39 Å². The van der Waals surface area contributed by atoms with Crippen LogP contribution in [-0.2, 0) is 9.59 Å². The van der Waals surface area contributed by atoms with Crippen molar-refractivity contribution >= 4 is 30.1 Å². The van der Waals surface area contributed by atoms with Gasteiger partial charge in [0, 0.05) is 11.8 Å². The van der Waals surface area contributed by atoms with Crippen molar-refractivity contribution in [3.63, 3.8) is 0 Å². The molecule has 1 aromatic rings. The number of aliphatic hydroxyl groups is 1. The van der Waals surface area contributed by atoms with E-state index in [1.807, 2.05) is 0 Å². The number of aliphatic hydroxyl groups excluding tert-OH is 1. The van der Waals surface area contributed by atoms with Crippen molar-refractivity contribution in [2.45, 2.75) is 0 Å². The number of halogens is 1. The van der Waals surface area contributed by atoms with E-state index in [1.54, 1.807) is 0 Å². The van der Waals surface area contributed by atoms with Crippen molar-refractivity contribution in [2.24, 2.45) is 0 Å². The Bertz CT molecular complexity index is 620. The topological polar surface area (TPSA) is 110 Å². The largest absolute Gasteiger partial charge is 0.488 e.